The number of anilines is 1. The van der Waals surface area contributed by atoms with Gasteiger partial charge in [-0.2, -0.15) is 0 Å². The summed E-state index contributed by atoms with van der Waals surface area (Å²) in [5.74, 6) is 0.0190. The summed E-state index contributed by atoms with van der Waals surface area (Å²) in [5, 5.41) is 6.49. The number of hydrogen-bond donors (Lipinski definition) is 2. The van der Waals surface area contributed by atoms with Crippen LogP contribution < -0.4 is 10.6 Å². The van der Waals surface area contributed by atoms with Gasteiger partial charge >= 0.3 is 0 Å². The minimum atomic E-state index is -0.114. The number of amides is 2. The summed E-state index contributed by atoms with van der Waals surface area (Å²) >= 11 is 4.73. The number of nitrogens with one attached hydrogen (secondary N) is 2. The van der Waals surface area contributed by atoms with E-state index in [0.29, 0.717) is 17.3 Å². The molecule has 2 amide bonds. The highest BCUT2D eigenvalue weighted by atomic mass is 79.9. The number of unbranched alkanes of at least 4 members (excludes halogenated alkanes) is 1. The molecule has 0 saturated carbocycles. The first kappa shape index (κ1) is 22.1. The van der Waals surface area contributed by atoms with Gasteiger partial charge in [0.2, 0.25) is 5.91 Å². The van der Waals surface area contributed by atoms with Crippen molar-refractivity contribution < 1.29 is 9.59 Å². The second kappa shape index (κ2) is 11.0. The fourth-order valence-electron chi connectivity index (χ4n) is 2.76. The number of benzene rings is 2. The van der Waals surface area contributed by atoms with Crippen LogP contribution in [0.3, 0.4) is 0 Å². The lowest BCUT2D eigenvalue weighted by Crippen LogP contribution is -2.24. The largest absolute Gasteiger partial charge is 0.352 e. The molecule has 3 aromatic rings. The van der Waals surface area contributed by atoms with Gasteiger partial charge < -0.3 is 10.6 Å². The third kappa shape index (κ3) is 6.21. The summed E-state index contributed by atoms with van der Waals surface area (Å²) in [4.78, 5) is 29.0. The average molecular weight is 487 g/mol. The number of carbonyl (C=O) groups excluding carboxylic acids is 2. The number of halogens is 1. The lowest BCUT2D eigenvalue weighted by atomic mass is 10.2. The number of aromatic nitrogens is 2. The second-order valence-corrected chi connectivity index (χ2v) is 8.44. The van der Waals surface area contributed by atoms with Crippen molar-refractivity contribution in [2.75, 3.05) is 17.6 Å². The lowest BCUT2D eigenvalue weighted by molar-refractivity contribution is -0.113. The molecule has 0 bridgehead atoms. The number of thioether (sulfide) groups is 1. The molecule has 0 fully saturated rings. The van der Waals surface area contributed by atoms with Gasteiger partial charge in [-0.1, -0.05) is 53.2 Å². The number of rotatable bonds is 9. The molecule has 2 aromatic carbocycles. The maximum absolute atomic E-state index is 12.3. The number of hydrogen-bond acceptors (Lipinski definition) is 4. The molecule has 0 spiro atoms. The highest BCUT2D eigenvalue weighted by molar-refractivity contribution is 9.10. The molecule has 0 saturated heterocycles. The Labute approximate surface area is 188 Å². The Morgan fingerprint density at radius 1 is 1.17 bits per heavy atom. The molecule has 1 aromatic heterocycles. The van der Waals surface area contributed by atoms with Crippen molar-refractivity contribution in [1.29, 1.82) is 0 Å². The molecular formula is C22H23BrN4O2S. The first-order valence-electron chi connectivity index (χ1n) is 9.67. The zero-order valence-electron chi connectivity index (χ0n) is 16.6. The predicted octanol–water partition coefficient (Wildman–Crippen LogP) is 4.90. The second-order valence-electron chi connectivity index (χ2n) is 6.59. The van der Waals surface area contributed by atoms with Crippen molar-refractivity contribution in [1.82, 2.24) is 14.9 Å². The zero-order valence-corrected chi connectivity index (χ0v) is 19.0. The summed E-state index contributed by atoms with van der Waals surface area (Å²) in [6.45, 7) is 2.75. The Kier molecular flexibility index (Phi) is 8.10. The number of carbonyl (C=O) groups is 2. The zero-order chi connectivity index (χ0) is 21.3. The van der Waals surface area contributed by atoms with Crippen LogP contribution in [0.15, 0.2) is 70.6 Å². The molecule has 1 heterocycles. The maximum Gasteiger partial charge on any atom is 0.251 e. The van der Waals surface area contributed by atoms with Gasteiger partial charge in [0.15, 0.2) is 5.16 Å². The SMILES string of the molecule is CCCCNC(=O)c1cccc(-n2ccnc2SCC(=O)Nc2cccc(Br)c2)c1. The molecule has 156 valence electrons. The van der Waals surface area contributed by atoms with Gasteiger partial charge in [0, 0.05) is 40.3 Å². The Bertz CT molecular complexity index is 1020. The van der Waals surface area contributed by atoms with E-state index in [2.05, 4.69) is 38.5 Å². The van der Waals surface area contributed by atoms with Crippen LogP contribution >= 0.6 is 27.7 Å². The van der Waals surface area contributed by atoms with Crippen molar-refractivity contribution in [2.45, 2.75) is 24.9 Å². The summed E-state index contributed by atoms with van der Waals surface area (Å²) in [5.41, 5.74) is 2.16. The monoisotopic (exact) mass is 486 g/mol. The van der Waals surface area contributed by atoms with E-state index in [4.69, 9.17) is 0 Å². The van der Waals surface area contributed by atoms with Gasteiger partial charge in [-0.3, -0.25) is 14.2 Å². The molecule has 0 aliphatic heterocycles. The summed E-state index contributed by atoms with van der Waals surface area (Å²) in [6.07, 6.45) is 5.49. The predicted molar refractivity (Wildman–Crippen MR) is 124 cm³/mol. The van der Waals surface area contributed by atoms with Gasteiger partial charge in [0.1, 0.15) is 0 Å². The van der Waals surface area contributed by atoms with Crippen LogP contribution in [0.4, 0.5) is 5.69 Å². The van der Waals surface area contributed by atoms with Crippen molar-refractivity contribution in [2.24, 2.45) is 0 Å². The molecule has 2 N–H and O–H groups in total. The molecule has 0 unspecified atom stereocenters. The molecule has 30 heavy (non-hydrogen) atoms. The Hall–Kier alpha value is -2.58. The van der Waals surface area contributed by atoms with E-state index < -0.39 is 0 Å². The van der Waals surface area contributed by atoms with Crippen LogP contribution in [0.25, 0.3) is 5.69 Å². The minimum Gasteiger partial charge on any atom is -0.352 e. The Balaban J connectivity index is 1.64. The normalized spacial score (nSPS) is 10.6. The van der Waals surface area contributed by atoms with Crippen LogP contribution in [0.2, 0.25) is 0 Å². The molecule has 8 heteroatoms. The van der Waals surface area contributed by atoms with Crippen molar-refractivity contribution in [3.8, 4) is 5.69 Å². The van der Waals surface area contributed by atoms with Crippen LogP contribution in [0.1, 0.15) is 30.1 Å². The molecule has 0 aliphatic rings. The van der Waals surface area contributed by atoms with Crippen molar-refractivity contribution in [3.05, 3.63) is 71.0 Å². The van der Waals surface area contributed by atoms with E-state index in [1.807, 2.05) is 53.2 Å². The third-order valence-corrected chi connectivity index (χ3v) is 5.71. The maximum atomic E-state index is 12.3. The first-order valence-corrected chi connectivity index (χ1v) is 11.4. The van der Waals surface area contributed by atoms with E-state index in [0.717, 1.165) is 28.7 Å². The molecule has 3 rings (SSSR count). The smallest absolute Gasteiger partial charge is 0.251 e. The summed E-state index contributed by atoms with van der Waals surface area (Å²) in [6, 6.07) is 14.8. The minimum absolute atomic E-state index is 0.0898. The lowest BCUT2D eigenvalue weighted by Gasteiger charge is -2.10. The molecule has 0 aliphatic carbocycles. The quantitative estimate of drug-likeness (QED) is 0.333. The Morgan fingerprint density at radius 3 is 2.80 bits per heavy atom. The standard InChI is InChI=1S/C22H23BrN4O2S/c1-2-3-10-24-21(29)16-6-4-9-19(13-16)27-12-11-25-22(27)30-15-20(28)26-18-8-5-7-17(23)14-18/h4-9,11-14H,2-3,10,15H2,1H3,(H,24,29)(H,26,28). The third-order valence-electron chi connectivity index (χ3n) is 4.25. The summed E-state index contributed by atoms with van der Waals surface area (Å²) in [7, 11) is 0. The van der Waals surface area contributed by atoms with E-state index in [9.17, 15) is 9.59 Å². The van der Waals surface area contributed by atoms with Gasteiger partial charge in [-0.25, -0.2) is 4.98 Å². The van der Waals surface area contributed by atoms with Gasteiger partial charge in [0.05, 0.1) is 5.75 Å². The molecule has 0 radical (unpaired) electrons. The Morgan fingerprint density at radius 2 is 2.00 bits per heavy atom. The number of nitrogens with zero attached hydrogens (tertiary/aromatic N) is 2. The molecule has 0 atom stereocenters. The van der Waals surface area contributed by atoms with Crippen LogP contribution in [-0.2, 0) is 4.79 Å². The van der Waals surface area contributed by atoms with E-state index in [1.165, 1.54) is 11.8 Å². The van der Waals surface area contributed by atoms with Crippen LogP contribution in [0, 0.1) is 0 Å². The van der Waals surface area contributed by atoms with Crippen LogP contribution in [0.5, 0.6) is 0 Å². The first-order chi connectivity index (χ1) is 14.6. The van der Waals surface area contributed by atoms with Gasteiger partial charge in [-0.15, -0.1) is 0 Å². The highest BCUT2D eigenvalue weighted by Gasteiger charge is 2.12. The van der Waals surface area contributed by atoms with E-state index in [-0.39, 0.29) is 17.6 Å². The van der Waals surface area contributed by atoms with Gasteiger partial charge in [-0.05, 0) is 42.8 Å². The summed E-state index contributed by atoms with van der Waals surface area (Å²) < 4.78 is 2.78. The van der Waals surface area contributed by atoms with Crippen molar-refractivity contribution in [3.63, 3.8) is 0 Å². The van der Waals surface area contributed by atoms with E-state index >= 15 is 0 Å². The van der Waals surface area contributed by atoms with Gasteiger partial charge in [0.25, 0.3) is 5.91 Å². The van der Waals surface area contributed by atoms with Crippen molar-refractivity contribution >= 4 is 45.2 Å². The topological polar surface area (TPSA) is 76.0 Å². The van der Waals surface area contributed by atoms with E-state index in [1.54, 1.807) is 12.3 Å². The average Bonchev–Trinajstić information content (AvgIpc) is 3.21. The molecule has 6 nitrogen and oxygen atoms in total. The fraction of sp³-hybridized carbons (Fsp3) is 0.227. The fourth-order valence-corrected chi connectivity index (χ4v) is 3.94. The van der Waals surface area contributed by atoms with Crippen LogP contribution in [-0.4, -0.2) is 33.7 Å². The molecular weight excluding hydrogens is 464 g/mol. The number of imidazole rings is 1. The highest BCUT2D eigenvalue weighted by Crippen LogP contribution is 2.22.